The lowest BCUT2D eigenvalue weighted by atomic mass is 9.97. The number of nitriles is 1. The van der Waals surface area contributed by atoms with Crippen molar-refractivity contribution in [3.05, 3.63) is 29.8 Å². The summed E-state index contributed by atoms with van der Waals surface area (Å²) in [6.45, 7) is 1.33. The Hall–Kier alpha value is -3.08. The van der Waals surface area contributed by atoms with Crippen molar-refractivity contribution in [1.29, 1.82) is 5.26 Å². The third-order valence-corrected chi connectivity index (χ3v) is 5.18. The average molecular weight is 370 g/mol. The largest absolute Gasteiger partial charge is 0.481 e. The first-order valence-corrected chi connectivity index (χ1v) is 9.09. The van der Waals surface area contributed by atoms with Crippen LogP contribution in [-0.2, 0) is 9.59 Å². The van der Waals surface area contributed by atoms with Crippen molar-refractivity contribution in [2.24, 2.45) is 5.92 Å². The summed E-state index contributed by atoms with van der Waals surface area (Å²) >= 11 is 0. The summed E-state index contributed by atoms with van der Waals surface area (Å²) in [5.41, 5.74) is 1.23. The number of urea groups is 1. The summed E-state index contributed by atoms with van der Waals surface area (Å²) in [4.78, 5) is 39.5. The van der Waals surface area contributed by atoms with Gasteiger partial charge in [-0.15, -0.1) is 0 Å². The standard InChI is InChI=1S/C19H22N4O4/c20-12-13-3-5-15(6-4-13)23-9-1-2-16(17(23)24)21-19(27)22-10-7-14(8-11-22)18(25)26/h3-6,14,16H,1-2,7-11H2,(H,21,27)(H,25,26). The van der Waals surface area contributed by atoms with Crippen molar-refractivity contribution in [3.63, 3.8) is 0 Å². The zero-order valence-corrected chi connectivity index (χ0v) is 14.9. The minimum Gasteiger partial charge on any atom is -0.481 e. The van der Waals surface area contributed by atoms with E-state index >= 15 is 0 Å². The summed E-state index contributed by atoms with van der Waals surface area (Å²) < 4.78 is 0. The normalized spacial score (nSPS) is 20.9. The summed E-state index contributed by atoms with van der Waals surface area (Å²) in [6.07, 6.45) is 2.19. The Kier molecular flexibility index (Phi) is 5.60. The molecule has 1 atom stereocenters. The van der Waals surface area contributed by atoms with Crippen molar-refractivity contribution >= 4 is 23.6 Å². The monoisotopic (exact) mass is 370 g/mol. The quantitative estimate of drug-likeness (QED) is 0.838. The molecule has 3 rings (SSSR count). The molecule has 1 aromatic carbocycles. The van der Waals surface area contributed by atoms with Crippen molar-refractivity contribution in [3.8, 4) is 6.07 Å². The highest BCUT2D eigenvalue weighted by Gasteiger charge is 2.33. The molecule has 27 heavy (non-hydrogen) atoms. The maximum absolute atomic E-state index is 12.8. The third-order valence-electron chi connectivity index (χ3n) is 5.18. The van der Waals surface area contributed by atoms with Gasteiger partial charge in [0.2, 0.25) is 5.91 Å². The Morgan fingerprint density at radius 2 is 1.78 bits per heavy atom. The second-order valence-corrected chi connectivity index (χ2v) is 6.89. The minimum absolute atomic E-state index is 0.167. The van der Waals surface area contributed by atoms with Gasteiger partial charge < -0.3 is 20.2 Å². The Morgan fingerprint density at radius 3 is 2.37 bits per heavy atom. The van der Waals surface area contributed by atoms with Crippen molar-refractivity contribution in [2.75, 3.05) is 24.5 Å². The van der Waals surface area contributed by atoms with Crippen LogP contribution in [0.2, 0.25) is 0 Å². The van der Waals surface area contributed by atoms with Crippen LogP contribution >= 0.6 is 0 Å². The van der Waals surface area contributed by atoms with Gasteiger partial charge in [0.25, 0.3) is 0 Å². The molecule has 0 spiro atoms. The summed E-state index contributed by atoms with van der Waals surface area (Å²) in [5.74, 6) is -1.40. The van der Waals surface area contributed by atoms with Crippen molar-refractivity contribution < 1.29 is 19.5 Å². The summed E-state index contributed by atoms with van der Waals surface area (Å²) in [5, 5.41) is 20.7. The van der Waals surface area contributed by atoms with Crippen LogP contribution in [0, 0.1) is 17.2 Å². The zero-order valence-electron chi connectivity index (χ0n) is 14.9. The van der Waals surface area contributed by atoms with Gasteiger partial charge in [0.15, 0.2) is 0 Å². The molecule has 0 aromatic heterocycles. The van der Waals surface area contributed by atoms with Crippen LogP contribution in [0.4, 0.5) is 10.5 Å². The number of carbonyl (C=O) groups is 3. The molecule has 2 aliphatic heterocycles. The fourth-order valence-corrected chi connectivity index (χ4v) is 3.55. The summed E-state index contributed by atoms with van der Waals surface area (Å²) in [6, 6.07) is 7.92. The molecule has 2 aliphatic rings. The van der Waals surface area contributed by atoms with Gasteiger partial charge in [-0.3, -0.25) is 9.59 Å². The number of piperidine rings is 2. The molecule has 0 radical (unpaired) electrons. The molecule has 0 bridgehead atoms. The first kappa shape index (κ1) is 18.7. The zero-order chi connectivity index (χ0) is 19.4. The molecule has 2 fully saturated rings. The Balaban J connectivity index is 1.60. The molecule has 8 nitrogen and oxygen atoms in total. The number of carboxylic acids is 1. The number of anilines is 1. The van der Waals surface area contributed by atoms with Gasteiger partial charge in [-0.05, 0) is 49.9 Å². The predicted molar refractivity (Wildman–Crippen MR) is 97.0 cm³/mol. The molecule has 8 heteroatoms. The third kappa shape index (κ3) is 4.19. The molecule has 0 saturated carbocycles. The topological polar surface area (TPSA) is 114 Å². The lowest BCUT2D eigenvalue weighted by Crippen LogP contribution is -2.56. The van der Waals surface area contributed by atoms with Gasteiger partial charge in [-0.2, -0.15) is 5.26 Å². The van der Waals surface area contributed by atoms with E-state index in [1.807, 2.05) is 6.07 Å². The van der Waals surface area contributed by atoms with Crippen LogP contribution in [0.5, 0.6) is 0 Å². The van der Waals surface area contributed by atoms with Crippen LogP contribution in [0.15, 0.2) is 24.3 Å². The number of nitrogens with one attached hydrogen (secondary N) is 1. The van der Waals surface area contributed by atoms with Crippen LogP contribution in [-0.4, -0.2) is 53.6 Å². The van der Waals surface area contributed by atoms with Gasteiger partial charge in [0, 0.05) is 25.3 Å². The molecular weight excluding hydrogens is 348 g/mol. The number of rotatable bonds is 3. The number of nitrogens with zero attached hydrogens (tertiary/aromatic N) is 3. The number of carboxylic acid groups (broad SMARTS) is 1. The van der Waals surface area contributed by atoms with Gasteiger partial charge in [-0.25, -0.2) is 4.79 Å². The molecule has 2 N–H and O–H groups in total. The molecule has 3 amide bonds. The molecule has 2 heterocycles. The second-order valence-electron chi connectivity index (χ2n) is 6.89. The smallest absolute Gasteiger partial charge is 0.318 e. The lowest BCUT2D eigenvalue weighted by molar-refractivity contribution is -0.143. The number of aliphatic carboxylic acids is 1. The van der Waals surface area contributed by atoms with E-state index in [9.17, 15) is 14.4 Å². The maximum Gasteiger partial charge on any atom is 0.318 e. The van der Waals surface area contributed by atoms with E-state index in [2.05, 4.69) is 5.32 Å². The average Bonchev–Trinajstić information content (AvgIpc) is 2.69. The maximum atomic E-state index is 12.8. The van der Waals surface area contributed by atoms with Crippen LogP contribution in [0.3, 0.4) is 0 Å². The molecule has 142 valence electrons. The number of likely N-dealkylation sites (tertiary alicyclic amines) is 1. The van der Waals surface area contributed by atoms with E-state index in [-0.39, 0.29) is 11.9 Å². The number of hydrogen-bond acceptors (Lipinski definition) is 4. The predicted octanol–water partition coefficient (Wildman–Crippen LogP) is 1.56. The van der Waals surface area contributed by atoms with E-state index < -0.39 is 17.9 Å². The number of benzene rings is 1. The molecule has 1 aromatic rings. The van der Waals surface area contributed by atoms with E-state index in [0.29, 0.717) is 50.1 Å². The van der Waals surface area contributed by atoms with Crippen LogP contribution in [0.25, 0.3) is 0 Å². The van der Waals surface area contributed by atoms with Crippen molar-refractivity contribution in [1.82, 2.24) is 10.2 Å². The van der Waals surface area contributed by atoms with Crippen molar-refractivity contribution in [2.45, 2.75) is 31.7 Å². The van der Waals surface area contributed by atoms with Gasteiger partial charge >= 0.3 is 12.0 Å². The second kappa shape index (κ2) is 8.08. The first-order chi connectivity index (χ1) is 13.0. The molecule has 0 aliphatic carbocycles. The van der Waals surface area contributed by atoms with Crippen LogP contribution in [0.1, 0.15) is 31.2 Å². The number of hydrogen-bond donors (Lipinski definition) is 2. The van der Waals surface area contributed by atoms with E-state index in [0.717, 1.165) is 6.42 Å². The highest BCUT2D eigenvalue weighted by Crippen LogP contribution is 2.22. The number of carbonyl (C=O) groups excluding carboxylic acids is 2. The Labute approximate surface area is 157 Å². The highest BCUT2D eigenvalue weighted by molar-refractivity contribution is 5.99. The fraction of sp³-hybridized carbons (Fsp3) is 0.474. The van der Waals surface area contributed by atoms with Gasteiger partial charge in [-0.1, -0.05) is 0 Å². The molecule has 2 saturated heterocycles. The van der Waals surface area contributed by atoms with Gasteiger partial charge in [0.1, 0.15) is 6.04 Å². The van der Waals surface area contributed by atoms with E-state index in [1.165, 1.54) is 0 Å². The Bertz CT molecular complexity index is 763. The SMILES string of the molecule is N#Cc1ccc(N2CCCC(NC(=O)N3CCC(C(=O)O)CC3)C2=O)cc1. The number of amides is 3. The minimum atomic E-state index is -0.824. The van der Waals surface area contributed by atoms with E-state index in [4.69, 9.17) is 10.4 Å². The lowest BCUT2D eigenvalue weighted by Gasteiger charge is -2.35. The van der Waals surface area contributed by atoms with E-state index in [1.54, 1.807) is 34.1 Å². The first-order valence-electron chi connectivity index (χ1n) is 9.09. The Morgan fingerprint density at radius 1 is 1.11 bits per heavy atom. The van der Waals surface area contributed by atoms with Gasteiger partial charge in [0.05, 0.1) is 17.6 Å². The summed E-state index contributed by atoms with van der Waals surface area (Å²) in [7, 11) is 0. The highest BCUT2D eigenvalue weighted by atomic mass is 16.4. The van der Waals surface area contributed by atoms with Crippen LogP contribution < -0.4 is 10.2 Å². The molecule has 1 unspecified atom stereocenters. The fourth-order valence-electron chi connectivity index (χ4n) is 3.55. The molecular formula is C19H22N4O4.